The highest BCUT2D eigenvalue weighted by molar-refractivity contribution is 9.10. The molecule has 3 rings (SSSR count). The van der Waals surface area contributed by atoms with Crippen LogP contribution in [-0.4, -0.2) is 16.5 Å². The largest absolute Gasteiger partial charge is 0.370 e. The second-order valence-corrected chi connectivity index (χ2v) is 7.20. The Morgan fingerprint density at radius 1 is 1.37 bits per heavy atom. The molecular formula is C13H13BrClN3S. The van der Waals surface area contributed by atoms with Crippen molar-refractivity contribution in [2.75, 3.05) is 11.9 Å². The number of nitrogens with one attached hydrogen (secondary N) is 1. The molecule has 3 nitrogen and oxygen atoms in total. The molecule has 1 fully saturated rings. The maximum atomic E-state index is 5.91. The van der Waals surface area contributed by atoms with Crippen molar-refractivity contribution in [2.24, 2.45) is 0 Å². The third-order valence-electron chi connectivity index (χ3n) is 2.96. The van der Waals surface area contributed by atoms with Gasteiger partial charge in [0.25, 0.3) is 0 Å². The van der Waals surface area contributed by atoms with Crippen LogP contribution in [0.1, 0.15) is 29.5 Å². The van der Waals surface area contributed by atoms with Crippen molar-refractivity contribution in [1.82, 2.24) is 9.97 Å². The van der Waals surface area contributed by atoms with Crippen molar-refractivity contribution in [1.29, 1.82) is 0 Å². The minimum Gasteiger partial charge on any atom is -0.370 e. The molecule has 0 atom stereocenters. The number of anilines is 1. The standard InChI is InChI=1S/C13H13BrClN3S/c14-10-7-12(18-13(17-10)8-1-2-8)16-6-5-9-3-4-11(15)19-9/h3-4,7-8H,1-2,5-6H2,(H,16,17,18). The first-order valence-electron chi connectivity index (χ1n) is 6.23. The first-order chi connectivity index (χ1) is 9.20. The van der Waals surface area contributed by atoms with E-state index in [-0.39, 0.29) is 0 Å². The maximum Gasteiger partial charge on any atom is 0.135 e. The van der Waals surface area contributed by atoms with Crippen molar-refractivity contribution in [3.05, 3.63) is 37.8 Å². The summed E-state index contributed by atoms with van der Waals surface area (Å²) in [6.45, 7) is 0.852. The van der Waals surface area contributed by atoms with Gasteiger partial charge in [-0.3, -0.25) is 0 Å². The molecular weight excluding hydrogens is 346 g/mol. The average molecular weight is 359 g/mol. The van der Waals surface area contributed by atoms with Crippen molar-refractivity contribution in [3.8, 4) is 0 Å². The zero-order valence-electron chi connectivity index (χ0n) is 10.2. The minimum atomic E-state index is 0.564. The lowest BCUT2D eigenvalue weighted by atomic mass is 10.3. The summed E-state index contributed by atoms with van der Waals surface area (Å²) in [7, 11) is 0. The topological polar surface area (TPSA) is 37.8 Å². The summed E-state index contributed by atoms with van der Waals surface area (Å²) in [6, 6.07) is 5.93. The van der Waals surface area contributed by atoms with Crippen molar-refractivity contribution in [3.63, 3.8) is 0 Å². The quantitative estimate of drug-likeness (QED) is 0.800. The van der Waals surface area contributed by atoms with Crippen LogP contribution in [0.15, 0.2) is 22.8 Å². The third kappa shape index (κ3) is 3.68. The van der Waals surface area contributed by atoms with E-state index in [0.29, 0.717) is 5.92 Å². The third-order valence-corrected chi connectivity index (χ3v) is 4.66. The Morgan fingerprint density at radius 3 is 2.89 bits per heavy atom. The molecule has 0 spiro atoms. The van der Waals surface area contributed by atoms with Crippen LogP contribution in [0.4, 0.5) is 5.82 Å². The molecule has 2 heterocycles. The van der Waals surface area contributed by atoms with Crippen molar-refractivity contribution in [2.45, 2.75) is 25.2 Å². The van der Waals surface area contributed by atoms with Gasteiger partial charge in [-0.1, -0.05) is 11.6 Å². The molecule has 0 amide bonds. The Morgan fingerprint density at radius 2 is 2.21 bits per heavy atom. The van der Waals surface area contributed by atoms with E-state index >= 15 is 0 Å². The summed E-state index contributed by atoms with van der Waals surface area (Å²) < 4.78 is 1.70. The minimum absolute atomic E-state index is 0.564. The Kier molecular flexibility index (Phi) is 4.05. The van der Waals surface area contributed by atoms with Gasteiger partial charge in [-0.15, -0.1) is 11.3 Å². The highest BCUT2D eigenvalue weighted by atomic mass is 79.9. The normalized spacial score (nSPS) is 14.6. The fourth-order valence-corrected chi connectivity index (χ4v) is 3.34. The molecule has 0 bridgehead atoms. The van der Waals surface area contributed by atoms with Crippen LogP contribution in [0.3, 0.4) is 0 Å². The number of hydrogen-bond donors (Lipinski definition) is 1. The number of halogens is 2. The summed E-state index contributed by atoms with van der Waals surface area (Å²) >= 11 is 11.0. The van der Waals surface area contributed by atoms with Crippen LogP contribution in [0.25, 0.3) is 0 Å². The van der Waals surface area contributed by atoms with E-state index in [1.54, 1.807) is 11.3 Å². The van der Waals surface area contributed by atoms with Gasteiger partial charge in [-0.2, -0.15) is 0 Å². The lowest BCUT2D eigenvalue weighted by Gasteiger charge is -2.07. The summed E-state index contributed by atoms with van der Waals surface area (Å²) in [5.41, 5.74) is 0. The molecule has 0 aromatic carbocycles. The zero-order valence-corrected chi connectivity index (χ0v) is 13.4. The highest BCUT2D eigenvalue weighted by Crippen LogP contribution is 2.38. The average Bonchev–Trinajstić information content (AvgIpc) is 3.13. The number of rotatable bonds is 5. The molecule has 2 aromatic heterocycles. The lowest BCUT2D eigenvalue weighted by Crippen LogP contribution is -2.07. The van der Waals surface area contributed by atoms with Gasteiger partial charge < -0.3 is 5.32 Å². The molecule has 6 heteroatoms. The molecule has 0 unspecified atom stereocenters. The van der Waals surface area contributed by atoms with Crippen LogP contribution >= 0.6 is 38.9 Å². The molecule has 1 saturated carbocycles. The number of aromatic nitrogens is 2. The van der Waals surface area contributed by atoms with Gasteiger partial charge in [-0.25, -0.2) is 9.97 Å². The van der Waals surface area contributed by atoms with Crippen LogP contribution in [0.5, 0.6) is 0 Å². The summed E-state index contributed by atoms with van der Waals surface area (Å²) in [4.78, 5) is 10.3. The molecule has 2 aromatic rings. The number of nitrogens with zero attached hydrogens (tertiary/aromatic N) is 2. The fourth-order valence-electron chi connectivity index (χ4n) is 1.85. The van der Waals surface area contributed by atoms with Crippen molar-refractivity contribution >= 4 is 44.7 Å². The monoisotopic (exact) mass is 357 g/mol. The Balaban J connectivity index is 1.60. The molecule has 1 N–H and O–H groups in total. The SMILES string of the molecule is Clc1ccc(CCNc2cc(Br)nc(C3CC3)n2)s1. The Hall–Kier alpha value is -0.650. The predicted molar refractivity (Wildman–Crippen MR) is 83.2 cm³/mol. The van der Waals surface area contributed by atoms with E-state index in [4.69, 9.17) is 11.6 Å². The van der Waals surface area contributed by atoms with E-state index < -0.39 is 0 Å². The molecule has 1 aliphatic carbocycles. The second-order valence-electron chi connectivity index (χ2n) is 4.59. The molecule has 0 aliphatic heterocycles. The van der Waals surface area contributed by atoms with Gasteiger partial charge in [0.15, 0.2) is 0 Å². The fraction of sp³-hybridized carbons (Fsp3) is 0.385. The van der Waals surface area contributed by atoms with Crippen LogP contribution in [-0.2, 0) is 6.42 Å². The second kappa shape index (κ2) is 5.77. The maximum absolute atomic E-state index is 5.91. The molecule has 19 heavy (non-hydrogen) atoms. The van der Waals surface area contributed by atoms with E-state index in [2.05, 4.69) is 37.3 Å². The van der Waals surface area contributed by atoms with Crippen LogP contribution < -0.4 is 5.32 Å². The molecule has 0 radical (unpaired) electrons. The van der Waals surface area contributed by atoms with E-state index in [9.17, 15) is 0 Å². The van der Waals surface area contributed by atoms with E-state index in [1.807, 2.05) is 12.1 Å². The zero-order chi connectivity index (χ0) is 13.2. The van der Waals surface area contributed by atoms with Crippen LogP contribution in [0, 0.1) is 0 Å². The van der Waals surface area contributed by atoms with Gasteiger partial charge in [0.2, 0.25) is 0 Å². The first kappa shape index (κ1) is 13.3. The van der Waals surface area contributed by atoms with E-state index in [1.165, 1.54) is 17.7 Å². The predicted octanol–water partition coefficient (Wildman–Crippen LogP) is 4.49. The van der Waals surface area contributed by atoms with Gasteiger partial charge >= 0.3 is 0 Å². The Labute approximate surface area is 129 Å². The van der Waals surface area contributed by atoms with E-state index in [0.717, 1.165) is 33.5 Å². The van der Waals surface area contributed by atoms with Gasteiger partial charge in [0.05, 0.1) is 4.34 Å². The molecule has 0 saturated heterocycles. The number of hydrogen-bond acceptors (Lipinski definition) is 4. The summed E-state index contributed by atoms with van der Waals surface area (Å²) in [5, 5.41) is 3.35. The lowest BCUT2D eigenvalue weighted by molar-refractivity contribution is 0.907. The Bertz CT molecular complexity index is 583. The summed E-state index contributed by atoms with van der Waals surface area (Å²) in [6.07, 6.45) is 3.38. The highest BCUT2D eigenvalue weighted by Gasteiger charge is 2.27. The van der Waals surface area contributed by atoms with Crippen molar-refractivity contribution < 1.29 is 0 Å². The summed E-state index contributed by atoms with van der Waals surface area (Å²) in [5.74, 6) is 2.41. The van der Waals surface area contributed by atoms with Gasteiger partial charge in [0.1, 0.15) is 16.2 Å². The molecule has 100 valence electrons. The first-order valence-corrected chi connectivity index (χ1v) is 8.22. The van der Waals surface area contributed by atoms with Gasteiger partial charge in [-0.05, 0) is 47.3 Å². The van der Waals surface area contributed by atoms with Gasteiger partial charge in [0, 0.05) is 23.4 Å². The number of thiophene rings is 1. The smallest absolute Gasteiger partial charge is 0.135 e. The van der Waals surface area contributed by atoms with Crippen LogP contribution in [0.2, 0.25) is 4.34 Å². The molecule has 1 aliphatic rings.